The number of nitrogens with zero attached hydrogens (tertiary/aromatic N) is 2. The highest BCUT2D eigenvalue weighted by Gasteiger charge is 2.19. The number of nitrogens with one attached hydrogen (secondary N) is 1. The van der Waals surface area contributed by atoms with Crippen molar-refractivity contribution in [1.82, 2.24) is 5.32 Å². The van der Waals surface area contributed by atoms with Crippen molar-refractivity contribution in [3.8, 4) is 5.75 Å². The highest BCUT2D eigenvalue weighted by atomic mass is 32.2. The van der Waals surface area contributed by atoms with E-state index in [1.165, 1.54) is 24.3 Å². The van der Waals surface area contributed by atoms with Gasteiger partial charge in [-0.1, -0.05) is 18.2 Å². The molecule has 0 radical (unpaired) electrons. The third kappa shape index (κ3) is 7.56. The third-order valence-corrected chi connectivity index (χ3v) is 5.71. The van der Waals surface area contributed by atoms with Crippen molar-refractivity contribution in [2.75, 3.05) is 30.3 Å². The van der Waals surface area contributed by atoms with Gasteiger partial charge in [0.05, 0.1) is 23.4 Å². The van der Waals surface area contributed by atoms with Gasteiger partial charge in [-0.25, -0.2) is 8.42 Å². The Morgan fingerprint density at radius 3 is 2.61 bits per heavy atom. The molecule has 0 saturated heterocycles. The van der Waals surface area contributed by atoms with Gasteiger partial charge in [-0.2, -0.15) is 0 Å². The van der Waals surface area contributed by atoms with Gasteiger partial charge in [-0.3, -0.25) is 19.2 Å². The van der Waals surface area contributed by atoms with Crippen LogP contribution >= 0.6 is 0 Å². The molecule has 9 nitrogen and oxygen atoms in total. The van der Waals surface area contributed by atoms with Gasteiger partial charge in [-0.15, -0.1) is 0 Å². The number of ether oxygens (including phenoxy) is 1. The van der Waals surface area contributed by atoms with E-state index in [0.717, 1.165) is 27.4 Å². The number of carbonyl (C=O) groups excluding carboxylic acids is 1. The Balaban J connectivity index is 1.82. The summed E-state index contributed by atoms with van der Waals surface area (Å²) in [7, 11) is -3.66. The van der Waals surface area contributed by atoms with Crippen molar-refractivity contribution in [3.05, 3.63) is 63.7 Å². The molecule has 0 spiro atoms. The molecule has 0 aliphatic heterocycles. The maximum atomic E-state index is 12.1. The molecule has 0 aliphatic rings. The lowest BCUT2D eigenvalue weighted by Gasteiger charge is -2.22. The molecule has 0 aliphatic carbocycles. The van der Waals surface area contributed by atoms with Crippen molar-refractivity contribution < 1.29 is 22.9 Å². The molecular weight excluding hydrogens is 422 g/mol. The Kier molecular flexibility index (Phi) is 8.38. The number of non-ortho nitro benzene ring substituents is 1. The second-order valence-corrected chi connectivity index (χ2v) is 9.09. The number of hydrogen-bond donors (Lipinski definition) is 1. The van der Waals surface area contributed by atoms with Crippen LogP contribution in [-0.4, -0.2) is 45.2 Å². The first kappa shape index (κ1) is 24.1. The van der Waals surface area contributed by atoms with Crippen molar-refractivity contribution in [2.45, 2.75) is 26.7 Å². The van der Waals surface area contributed by atoms with Gasteiger partial charge in [0, 0.05) is 25.1 Å². The summed E-state index contributed by atoms with van der Waals surface area (Å²) in [6, 6.07) is 11.3. The molecule has 168 valence electrons. The minimum Gasteiger partial charge on any atom is -0.491 e. The standard InChI is InChI=1S/C21H27N3O6S/c1-16-9-10-17(2)20(14-16)30-13-11-22-21(25)8-5-12-23(31(3,28)29)18-6-4-7-19(15-18)24(26)27/h4,6-7,9-10,14-15H,5,8,11-13H2,1-3H3,(H,22,25). The minimum atomic E-state index is -3.66. The second kappa shape index (κ2) is 10.8. The van der Waals surface area contributed by atoms with Crippen LogP contribution in [0.2, 0.25) is 0 Å². The predicted molar refractivity (Wildman–Crippen MR) is 119 cm³/mol. The van der Waals surface area contributed by atoms with Crippen LogP contribution in [0.1, 0.15) is 24.0 Å². The zero-order valence-electron chi connectivity index (χ0n) is 17.8. The lowest BCUT2D eigenvalue weighted by molar-refractivity contribution is -0.384. The molecule has 0 aromatic heterocycles. The fraction of sp³-hybridized carbons (Fsp3) is 0.381. The van der Waals surface area contributed by atoms with Crippen molar-refractivity contribution >= 4 is 27.3 Å². The van der Waals surface area contributed by atoms with E-state index in [0.29, 0.717) is 13.2 Å². The summed E-state index contributed by atoms with van der Waals surface area (Å²) < 4.78 is 31.0. The molecule has 0 heterocycles. The number of nitro groups is 1. The van der Waals surface area contributed by atoms with E-state index in [4.69, 9.17) is 4.74 Å². The number of rotatable bonds is 11. The first-order chi connectivity index (χ1) is 14.6. The fourth-order valence-electron chi connectivity index (χ4n) is 2.93. The van der Waals surface area contributed by atoms with Gasteiger partial charge in [0.1, 0.15) is 12.4 Å². The molecule has 0 saturated carbocycles. The summed E-state index contributed by atoms with van der Waals surface area (Å²) in [4.78, 5) is 22.4. The highest BCUT2D eigenvalue weighted by Crippen LogP contribution is 2.23. The average Bonchev–Trinajstić information content (AvgIpc) is 2.70. The van der Waals surface area contributed by atoms with Crippen molar-refractivity contribution in [3.63, 3.8) is 0 Å². The number of aryl methyl sites for hydroxylation is 2. The van der Waals surface area contributed by atoms with Crippen LogP contribution in [-0.2, 0) is 14.8 Å². The number of carbonyl (C=O) groups is 1. The van der Waals surface area contributed by atoms with Crippen LogP contribution in [0.25, 0.3) is 0 Å². The topological polar surface area (TPSA) is 119 Å². The Hall–Kier alpha value is -3.14. The number of hydrogen-bond acceptors (Lipinski definition) is 6. The molecule has 0 fully saturated rings. The quantitative estimate of drug-likeness (QED) is 0.320. The lowest BCUT2D eigenvalue weighted by atomic mass is 10.1. The van der Waals surface area contributed by atoms with E-state index in [9.17, 15) is 23.3 Å². The van der Waals surface area contributed by atoms with Gasteiger partial charge >= 0.3 is 0 Å². The van der Waals surface area contributed by atoms with Crippen molar-refractivity contribution in [2.24, 2.45) is 0 Å². The molecule has 1 amide bonds. The molecule has 0 atom stereocenters. The summed E-state index contributed by atoms with van der Waals surface area (Å²) in [6.45, 7) is 4.60. The number of nitro benzene ring substituents is 1. The van der Waals surface area contributed by atoms with Crippen LogP contribution in [0.5, 0.6) is 5.75 Å². The molecule has 0 unspecified atom stereocenters. The van der Waals surface area contributed by atoms with Crippen LogP contribution in [0.4, 0.5) is 11.4 Å². The average molecular weight is 450 g/mol. The van der Waals surface area contributed by atoms with Crippen molar-refractivity contribution in [1.29, 1.82) is 0 Å². The Bertz CT molecular complexity index is 1040. The molecular formula is C21H27N3O6S. The Labute approximate surface area is 182 Å². The minimum absolute atomic E-state index is 0.0341. The first-order valence-electron chi connectivity index (χ1n) is 9.77. The van der Waals surface area contributed by atoms with Gasteiger partial charge < -0.3 is 10.1 Å². The number of anilines is 1. The molecule has 2 aromatic rings. The molecule has 1 N–H and O–H groups in total. The summed E-state index contributed by atoms with van der Waals surface area (Å²) >= 11 is 0. The van der Waals surface area contributed by atoms with Crippen LogP contribution in [0.15, 0.2) is 42.5 Å². The normalized spacial score (nSPS) is 11.1. The van der Waals surface area contributed by atoms with Crippen LogP contribution < -0.4 is 14.4 Å². The monoisotopic (exact) mass is 449 g/mol. The zero-order chi connectivity index (χ0) is 23.0. The second-order valence-electron chi connectivity index (χ2n) is 7.18. The molecule has 10 heteroatoms. The van der Waals surface area contributed by atoms with E-state index < -0.39 is 14.9 Å². The third-order valence-electron chi connectivity index (χ3n) is 4.52. The van der Waals surface area contributed by atoms with Gasteiger partial charge in [-0.05, 0) is 43.5 Å². The Morgan fingerprint density at radius 2 is 1.94 bits per heavy atom. The van der Waals surface area contributed by atoms with Gasteiger partial charge in [0.15, 0.2) is 0 Å². The smallest absolute Gasteiger partial charge is 0.271 e. The fourth-order valence-corrected chi connectivity index (χ4v) is 3.89. The number of sulfonamides is 1. The molecule has 2 rings (SSSR count). The molecule has 0 bridgehead atoms. The maximum absolute atomic E-state index is 12.1. The first-order valence-corrected chi connectivity index (χ1v) is 11.6. The summed E-state index contributed by atoms with van der Waals surface area (Å²) in [5.74, 6) is 0.548. The molecule has 31 heavy (non-hydrogen) atoms. The lowest BCUT2D eigenvalue weighted by Crippen LogP contribution is -2.33. The van der Waals surface area contributed by atoms with E-state index in [1.807, 2.05) is 32.0 Å². The largest absolute Gasteiger partial charge is 0.491 e. The van der Waals surface area contributed by atoms with E-state index in [-0.39, 0.29) is 36.7 Å². The van der Waals surface area contributed by atoms with Crippen LogP contribution in [0.3, 0.4) is 0 Å². The van der Waals surface area contributed by atoms with Gasteiger partial charge in [0.25, 0.3) is 5.69 Å². The van der Waals surface area contributed by atoms with Crippen LogP contribution in [0, 0.1) is 24.0 Å². The van der Waals surface area contributed by atoms with E-state index >= 15 is 0 Å². The number of amides is 1. The summed E-state index contributed by atoms with van der Waals surface area (Å²) in [5.41, 5.74) is 2.09. The van der Waals surface area contributed by atoms with E-state index in [2.05, 4.69) is 5.32 Å². The van der Waals surface area contributed by atoms with Gasteiger partial charge in [0.2, 0.25) is 15.9 Å². The maximum Gasteiger partial charge on any atom is 0.271 e. The zero-order valence-corrected chi connectivity index (χ0v) is 18.6. The number of benzene rings is 2. The summed E-state index contributed by atoms with van der Waals surface area (Å²) in [5, 5.41) is 13.7. The molecule has 2 aromatic carbocycles. The predicted octanol–water partition coefficient (Wildman–Crippen LogP) is 2.95. The highest BCUT2D eigenvalue weighted by molar-refractivity contribution is 7.92. The summed E-state index contributed by atoms with van der Waals surface area (Å²) in [6.07, 6.45) is 1.40. The SMILES string of the molecule is Cc1ccc(C)c(OCCNC(=O)CCCN(c2cccc([N+](=O)[O-])c2)S(C)(=O)=O)c1. The Morgan fingerprint density at radius 1 is 1.19 bits per heavy atom. The van der Waals surface area contributed by atoms with E-state index in [1.54, 1.807) is 0 Å².